The first-order valence-corrected chi connectivity index (χ1v) is 7.40. The second kappa shape index (κ2) is 5.75. The van der Waals surface area contributed by atoms with E-state index in [2.05, 4.69) is 39.4 Å². The molecule has 1 fully saturated rings. The first-order chi connectivity index (χ1) is 9.79. The van der Waals surface area contributed by atoms with Crippen LogP contribution in [-0.2, 0) is 0 Å². The number of hydrogen-bond donors (Lipinski definition) is 1. The smallest absolute Gasteiger partial charge is 0.203 e. The zero-order valence-electron chi connectivity index (χ0n) is 12.2. The Balaban J connectivity index is 1.73. The molecule has 1 aliphatic carbocycles. The maximum atomic E-state index is 4.50. The molecule has 3 rings (SSSR count). The number of nitrogens with one attached hydrogen (secondary N) is 1. The Bertz CT molecular complexity index is 558. The lowest BCUT2D eigenvalue weighted by molar-refractivity contribution is 0.341. The summed E-state index contributed by atoms with van der Waals surface area (Å²) >= 11 is 0. The summed E-state index contributed by atoms with van der Waals surface area (Å²) in [7, 11) is 2.12. The van der Waals surface area contributed by atoms with Crippen molar-refractivity contribution in [3.05, 3.63) is 18.7 Å². The quantitative estimate of drug-likeness (QED) is 0.915. The van der Waals surface area contributed by atoms with Gasteiger partial charge in [0.2, 0.25) is 5.65 Å². The maximum absolute atomic E-state index is 4.50. The molecule has 0 atom stereocenters. The van der Waals surface area contributed by atoms with Crippen LogP contribution < -0.4 is 10.2 Å². The minimum Gasteiger partial charge on any atom is -0.354 e. The van der Waals surface area contributed by atoms with Crippen molar-refractivity contribution in [2.45, 2.75) is 44.7 Å². The van der Waals surface area contributed by atoms with Crippen molar-refractivity contribution in [1.82, 2.24) is 24.9 Å². The summed E-state index contributed by atoms with van der Waals surface area (Å²) in [4.78, 5) is 6.77. The number of hydrogen-bond acceptors (Lipinski definition) is 5. The Morgan fingerprint density at radius 2 is 2.15 bits per heavy atom. The largest absolute Gasteiger partial charge is 0.354 e. The zero-order valence-corrected chi connectivity index (χ0v) is 12.2. The summed E-state index contributed by atoms with van der Waals surface area (Å²) < 4.78 is 1.92. The van der Waals surface area contributed by atoms with Crippen molar-refractivity contribution in [3.63, 3.8) is 0 Å². The molecule has 0 aliphatic heterocycles. The van der Waals surface area contributed by atoms with Crippen molar-refractivity contribution in [1.29, 1.82) is 0 Å². The van der Waals surface area contributed by atoms with E-state index in [4.69, 9.17) is 0 Å². The van der Waals surface area contributed by atoms with E-state index in [0.717, 1.165) is 18.0 Å². The van der Waals surface area contributed by atoms with Crippen LogP contribution in [0.2, 0.25) is 0 Å². The topological polar surface area (TPSA) is 58.4 Å². The van der Waals surface area contributed by atoms with Gasteiger partial charge in [-0.25, -0.2) is 4.98 Å². The van der Waals surface area contributed by atoms with Gasteiger partial charge in [0.25, 0.3) is 0 Å². The summed E-state index contributed by atoms with van der Waals surface area (Å²) in [6.45, 7) is 3.24. The Morgan fingerprint density at radius 3 is 2.90 bits per heavy atom. The van der Waals surface area contributed by atoms with Gasteiger partial charge in [-0.15, -0.1) is 10.2 Å². The lowest BCUT2D eigenvalue weighted by atomic mass is 9.90. The Kier molecular flexibility index (Phi) is 3.82. The lowest BCUT2D eigenvalue weighted by Gasteiger charge is -2.35. The molecule has 0 radical (unpaired) electrons. The van der Waals surface area contributed by atoms with E-state index in [9.17, 15) is 0 Å². The van der Waals surface area contributed by atoms with Gasteiger partial charge in [0, 0.05) is 31.5 Å². The van der Waals surface area contributed by atoms with Crippen molar-refractivity contribution in [2.24, 2.45) is 0 Å². The predicted octanol–water partition coefficient (Wildman–Crippen LogP) is 1.48. The summed E-state index contributed by atoms with van der Waals surface area (Å²) in [5.74, 6) is 0.928. The van der Waals surface area contributed by atoms with Crippen LogP contribution in [0, 0.1) is 0 Å². The van der Waals surface area contributed by atoms with Crippen molar-refractivity contribution >= 4 is 11.5 Å². The zero-order chi connectivity index (χ0) is 13.9. The molecule has 2 aromatic heterocycles. The van der Waals surface area contributed by atoms with Crippen LogP contribution in [0.1, 0.15) is 32.6 Å². The summed E-state index contributed by atoms with van der Waals surface area (Å²) in [6.07, 6.45) is 10.3. The lowest BCUT2D eigenvalue weighted by Crippen LogP contribution is -2.41. The average Bonchev–Trinajstić information content (AvgIpc) is 2.96. The minimum atomic E-state index is 0.542. The standard InChI is InChI=1S/C14H22N6/c1-3-15-11-4-6-12(7-5-11)19(2)13-14-18-17-10-20(14)9-8-16-13/h8-12,15H,3-7H2,1-2H3. The van der Waals surface area contributed by atoms with Crippen LogP contribution in [0.3, 0.4) is 0 Å². The molecule has 0 amide bonds. The van der Waals surface area contributed by atoms with Crippen LogP contribution in [0.15, 0.2) is 18.7 Å². The highest BCUT2D eigenvalue weighted by molar-refractivity contribution is 5.63. The number of aromatic nitrogens is 4. The van der Waals surface area contributed by atoms with Gasteiger partial charge in [-0.1, -0.05) is 6.92 Å². The molecule has 108 valence electrons. The average molecular weight is 274 g/mol. The van der Waals surface area contributed by atoms with Gasteiger partial charge in [0.15, 0.2) is 5.82 Å². The molecule has 0 spiro atoms. The van der Waals surface area contributed by atoms with E-state index in [0.29, 0.717) is 12.1 Å². The van der Waals surface area contributed by atoms with Gasteiger partial charge >= 0.3 is 0 Å². The van der Waals surface area contributed by atoms with Gasteiger partial charge in [0.1, 0.15) is 6.33 Å². The molecular formula is C14H22N6. The first kappa shape index (κ1) is 13.3. The Morgan fingerprint density at radius 1 is 1.35 bits per heavy atom. The van der Waals surface area contributed by atoms with Gasteiger partial charge in [-0.05, 0) is 32.2 Å². The summed E-state index contributed by atoms with van der Waals surface area (Å²) in [5.41, 5.74) is 0.837. The maximum Gasteiger partial charge on any atom is 0.203 e. The molecule has 0 bridgehead atoms. The molecule has 0 unspecified atom stereocenters. The van der Waals surface area contributed by atoms with E-state index in [1.54, 1.807) is 6.33 Å². The van der Waals surface area contributed by atoms with Crippen LogP contribution in [0.4, 0.5) is 5.82 Å². The molecule has 2 heterocycles. The SMILES string of the molecule is CCNC1CCC(N(C)c2nccn3cnnc23)CC1. The molecule has 1 saturated carbocycles. The molecule has 1 aliphatic rings. The summed E-state index contributed by atoms with van der Waals surface area (Å²) in [5, 5.41) is 11.7. The van der Waals surface area contributed by atoms with Crippen LogP contribution >= 0.6 is 0 Å². The molecule has 1 N–H and O–H groups in total. The van der Waals surface area contributed by atoms with Crippen molar-refractivity contribution < 1.29 is 0 Å². The number of rotatable bonds is 4. The molecule has 2 aromatic rings. The monoisotopic (exact) mass is 274 g/mol. The third-order valence-corrected chi connectivity index (χ3v) is 4.27. The van der Waals surface area contributed by atoms with E-state index in [1.165, 1.54) is 25.7 Å². The third-order valence-electron chi connectivity index (χ3n) is 4.27. The molecular weight excluding hydrogens is 252 g/mol. The molecule has 6 heteroatoms. The van der Waals surface area contributed by atoms with E-state index in [1.807, 2.05) is 16.8 Å². The Labute approximate surface area is 119 Å². The highest BCUT2D eigenvalue weighted by atomic mass is 15.3. The van der Waals surface area contributed by atoms with Gasteiger partial charge in [0.05, 0.1) is 0 Å². The summed E-state index contributed by atoms with van der Waals surface area (Å²) in [6, 6.07) is 1.22. The fourth-order valence-electron chi connectivity index (χ4n) is 3.12. The normalized spacial score (nSPS) is 23.1. The Hall–Kier alpha value is -1.69. The van der Waals surface area contributed by atoms with Crippen molar-refractivity contribution in [2.75, 3.05) is 18.5 Å². The molecule has 0 saturated heterocycles. The van der Waals surface area contributed by atoms with Crippen LogP contribution in [-0.4, -0.2) is 45.3 Å². The second-order valence-electron chi connectivity index (χ2n) is 5.49. The van der Waals surface area contributed by atoms with E-state index < -0.39 is 0 Å². The number of anilines is 1. The molecule has 0 aromatic carbocycles. The van der Waals surface area contributed by atoms with Crippen LogP contribution in [0.5, 0.6) is 0 Å². The highest BCUT2D eigenvalue weighted by Gasteiger charge is 2.25. The first-order valence-electron chi connectivity index (χ1n) is 7.40. The third kappa shape index (κ3) is 2.47. The fraction of sp³-hybridized carbons (Fsp3) is 0.643. The van der Waals surface area contributed by atoms with E-state index >= 15 is 0 Å². The fourth-order valence-corrected chi connectivity index (χ4v) is 3.12. The minimum absolute atomic E-state index is 0.542. The predicted molar refractivity (Wildman–Crippen MR) is 78.9 cm³/mol. The highest BCUT2D eigenvalue weighted by Crippen LogP contribution is 2.26. The van der Waals surface area contributed by atoms with Gasteiger partial charge < -0.3 is 10.2 Å². The number of fused-ring (bicyclic) bond motifs is 1. The van der Waals surface area contributed by atoms with Crippen LogP contribution in [0.25, 0.3) is 5.65 Å². The second-order valence-corrected chi connectivity index (χ2v) is 5.49. The van der Waals surface area contributed by atoms with E-state index in [-0.39, 0.29) is 0 Å². The number of nitrogens with zero attached hydrogens (tertiary/aromatic N) is 5. The molecule has 6 nitrogen and oxygen atoms in total. The van der Waals surface area contributed by atoms with Crippen molar-refractivity contribution in [3.8, 4) is 0 Å². The van der Waals surface area contributed by atoms with Gasteiger partial charge in [-0.2, -0.15) is 0 Å². The van der Waals surface area contributed by atoms with Gasteiger partial charge in [-0.3, -0.25) is 4.40 Å². The molecule has 20 heavy (non-hydrogen) atoms.